The van der Waals surface area contributed by atoms with Gasteiger partial charge in [-0.25, -0.2) is 4.39 Å². The van der Waals surface area contributed by atoms with Gasteiger partial charge in [0.25, 0.3) is 0 Å². The molecule has 0 spiro atoms. The predicted octanol–water partition coefficient (Wildman–Crippen LogP) is 0.420. The molecule has 0 aliphatic heterocycles. The first kappa shape index (κ1) is 15.1. The Labute approximate surface area is 111 Å². The van der Waals surface area contributed by atoms with Crippen molar-refractivity contribution < 1.29 is 14.0 Å². The van der Waals surface area contributed by atoms with Gasteiger partial charge in [0.2, 0.25) is 0 Å². The third-order valence-electron chi connectivity index (χ3n) is 2.88. The third kappa shape index (κ3) is 3.75. The lowest BCUT2D eigenvalue weighted by Crippen LogP contribution is -2.43. The lowest BCUT2D eigenvalue weighted by Gasteiger charge is -2.25. The Morgan fingerprint density at radius 1 is 1.42 bits per heavy atom. The molecule has 5 nitrogen and oxygen atoms in total. The topological polar surface area (TPSA) is 75.4 Å². The van der Waals surface area contributed by atoms with E-state index in [0.717, 1.165) is 0 Å². The number of nitrogens with one attached hydrogen (secondary N) is 1. The summed E-state index contributed by atoms with van der Waals surface area (Å²) < 4.78 is 13.6. The van der Waals surface area contributed by atoms with E-state index in [0.29, 0.717) is 5.56 Å². The molecule has 0 saturated carbocycles. The van der Waals surface area contributed by atoms with Gasteiger partial charge in [0, 0.05) is 25.7 Å². The summed E-state index contributed by atoms with van der Waals surface area (Å²) in [6.07, 6.45) is 0. The van der Waals surface area contributed by atoms with Gasteiger partial charge < -0.3 is 16.0 Å². The summed E-state index contributed by atoms with van der Waals surface area (Å²) in [6, 6.07) is 5.63. The first-order chi connectivity index (χ1) is 8.99. The maximum absolute atomic E-state index is 13.6. The molecule has 2 amide bonds. The van der Waals surface area contributed by atoms with E-state index >= 15 is 0 Å². The van der Waals surface area contributed by atoms with Crippen molar-refractivity contribution in [1.82, 2.24) is 10.2 Å². The highest BCUT2D eigenvalue weighted by Crippen LogP contribution is 2.21. The normalized spacial score (nSPS) is 11.8. The van der Waals surface area contributed by atoms with E-state index in [4.69, 9.17) is 5.73 Å². The van der Waals surface area contributed by atoms with Gasteiger partial charge in [0.1, 0.15) is 5.82 Å². The summed E-state index contributed by atoms with van der Waals surface area (Å²) in [4.78, 5) is 24.5. The standard InChI is InChI=1S/C13H18FN3O2/c1-9(10-5-3-4-6-11(10)14)17(2)13(19)12(18)16-8-7-15/h3-6,9H,7-8,15H2,1-2H3,(H,16,18). The number of carbonyl (C=O) groups excluding carboxylic acids is 2. The average molecular weight is 267 g/mol. The van der Waals surface area contributed by atoms with Crippen LogP contribution in [0.1, 0.15) is 18.5 Å². The molecular formula is C13H18FN3O2. The quantitative estimate of drug-likeness (QED) is 0.776. The van der Waals surface area contributed by atoms with Crippen LogP contribution in [0, 0.1) is 5.82 Å². The van der Waals surface area contributed by atoms with E-state index in [2.05, 4.69) is 5.32 Å². The molecule has 1 aromatic rings. The Hall–Kier alpha value is -1.95. The van der Waals surface area contributed by atoms with Crippen molar-refractivity contribution in [1.29, 1.82) is 0 Å². The van der Waals surface area contributed by atoms with Crippen LogP contribution in [0.25, 0.3) is 0 Å². The highest BCUT2D eigenvalue weighted by atomic mass is 19.1. The van der Waals surface area contributed by atoms with Crippen LogP contribution in [0.3, 0.4) is 0 Å². The average Bonchev–Trinajstić information content (AvgIpc) is 2.42. The molecule has 0 aliphatic rings. The lowest BCUT2D eigenvalue weighted by atomic mass is 10.1. The molecule has 0 heterocycles. The van der Waals surface area contributed by atoms with Crippen molar-refractivity contribution in [2.45, 2.75) is 13.0 Å². The van der Waals surface area contributed by atoms with E-state index in [1.165, 1.54) is 18.0 Å². The summed E-state index contributed by atoms with van der Waals surface area (Å²) in [5.74, 6) is -1.86. The summed E-state index contributed by atoms with van der Waals surface area (Å²) in [5, 5.41) is 2.39. The zero-order chi connectivity index (χ0) is 14.4. The van der Waals surface area contributed by atoms with Crippen molar-refractivity contribution >= 4 is 11.8 Å². The first-order valence-electron chi connectivity index (χ1n) is 5.98. The second kappa shape index (κ2) is 6.84. The van der Waals surface area contributed by atoms with Crippen LogP contribution in [-0.2, 0) is 9.59 Å². The molecule has 1 atom stereocenters. The second-order valence-electron chi connectivity index (χ2n) is 4.16. The minimum Gasteiger partial charge on any atom is -0.347 e. The minimum atomic E-state index is -0.740. The fraction of sp³-hybridized carbons (Fsp3) is 0.385. The van der Waals surface area contributed by atoms with Crippen LogP contribution in [0.15, 0.2) is 24.3 Å². The van der Waals surface area contributed by atoms with Crippen LogP contribution >= 0.6 is 0 Å². The summed E-state index contributed by atoms with van der Waals surface area (Å²) in [6.45, 7) is 2.14. The fourth-order valence-electron chi connectivity index (χ4n) is 1.62. The number of amides is 2. The summed E-state index contributed by atoms with van der Waals surface area (Å²) in [5.41, 5.74) is 5.60. The first-order valence-corrected chi connectivity index (χ1v) is 5.98. The molecule has 0 radical (unpaired) electrons. The molecule has 0 aliphatic carbocycles. The molecule has 1 aromatic carbocycles. The Morgan fingerprint density at radius 3 is 2.63 bits per heavy atom. The number of hydrogen-bond donors (Lipinski definition) is 2. The molecule has 6 heteroatoms. The van der Waals surface area contributed by atoms with Crippen LogP contribution < -0.4 is 11.1 Å². The van der Waals surface area contributed by atoms with Crippen molar-refractivity contribution in [2.24, 2.45) is 5.73 Å². The fourth-order valence-corrected chi connectivity index (χ4v) is 1.62. The van der Waals surface area contributed by atoms with E-state index in [-0.39, 0.29) is 13.1 Å². The van der Waals surface area contributed by atoms with Gasteiger partial charge in [-0.2, -0.15) is 0 Å². The lowest BCUT2D eigenvalue weighted by molar-refractivity contribution is -0.146. The van der Waals surface area contributed by atoms with Gasteiger partial charge in [-0.15, -0.1) is 0 Å². The molecule has 0 saturated heterocycles. The molecule has 0 fully saturated rings. The Bertz CT molecular complexity index is 465. The van der Waals surface area contributed by atoms with Crippen LogP contribution in [0.5, 0.6) is 0 Å². The summed E-state index contributed by atoms with van der Waals surface area (Å²) in [7, 11) is 1.46. The largest absolute Gasteiger partial charge is 0.347 e. The molecule has 104 valence electrons. The Balaban J connectivity index is 2.77. The van der Waals surface area contributed by atoms with Gasteiger partial charge in [-0.3, -0.25) is 9.59 Å². The van der Waals surface area contributed by atoms with Gasteiger partial charge in [-0.1, -0.05) is 18.2 Å². The highest BCUT2D eigenvalue weighted by molar-refractivity contribution is 6.35. The maximum atomic E-state index is 13.6. The zero-order valence-electron chi connectivity index (χ0n) is 11.0. The van der Waals surface area contributed by atoms with E-state index in [1.54, 1.807) is 25.1 Å². The smallest absolute Gasteiger partial charge is 0.312 e. The van der Waals surface area contributed by atoms with Gasteiger partial charge in [0.15, 0.2) is 0 Å². The Kier molecular flexibility index (Phi) is 5.44. The zero-order valence-corrected chi connectivity index (χ0v) is 11.0. The van der Waals surface area contributed by atoms with Crippen molar-refractivity contribution in [3.8, 4) is 0 Å². The number of likely N-dealkylation sites (N-methyl/N-ethyl adjacent to an activating group) is 1. The van der Waals surface area contributed by atoms with Gasteiger partial charge in [0.05, 0.1) is 6.04 Å². The molecular weight excluding hydrogens is 249 g/mol. The van der Waals surface area contributed by atoms with Gasteiger partial charge in [-0.05, 0) is 13.0 Å². The van der Waals surface area contributed by atoms with E-state index < -0.39 is 23.7 Å². The molecule has 1 unspecified atom stereocenters. The SMILES string of the molecule is CC(c1ccccc1F)N(C)C(=O)C(=O)NCCN. The number of nitrogens with two attached hydrogens (primary N) is 1. The van der Waals surface area contributed by atoms with E-state index in [1.807, 2.05) is 0 Å². The second-order valence-corrected chi connectivity index (χ2v) is 4.16. The van der Waals surface area contributed by atoms with Crippen molar-refractivity contribution in [3.05, 3.63) is 35.6 Å². The van der Waals surface area contributed by atoms with Crippen LogP contribution in [-0.4, -0.2) is 36.9 Å². The number of benzene rings is 1. The monoisotopic (exact) mass is 267 g/mol. The van der Waals surface area contributed by atoms with E-state index in [9.17, 15) is 14.0 Å². The van der Waals surface area contributed by atoms with Crippen LogP contribution in [0.4, 0.5) is 4.39 Å². The number of nitrogens with zero attached hydrogens (tertiary/aromatic N) is 1. The number of rotatable bonds is 4. The van der Waals surface area contributed by atoms with Gasteiger partial charge >= 0.3 is 11.8 Å². The number of halogens is 1. The highest BCUT2D eigenvalue weighted by Gasteiger charge is 2.24. The molecule has 19 heavy (non-hydrogen) atoms. The molecule has 1 rings (SSSR count). The third-order valence-corrected chi connectivity index (χ3v) is 2.88. The van der Waals surface area contributed by atoms with Crippen molar-refractivity contribution in [2.75, 3.05) is 20.1 Å². The molecule has 0 bridgehead atoms. The maximum Gasteiger partial charge on any atom is 0.312 e. The summed E-state index contributed by atoms with van der Waals surface area (Å²) >= 11 is 0. The predicted molar refractivity (Wildman–Crippen MR) is 69.6 cm³/mol. The molecule has 0 aromatic heterocycles. The van der Waals surface area contributed by atoms with Crippen LogP contribution in [0.2, 0.25) is 0 Å². The van der Waals surface area contributed by atoms with Crippen molar-refractivity contribution in [3.63, 3.8) is 0 Å². The molecule has 3 N–H and O–H groups in total. The number of hydrogen-bond acceptors (Lipinski definition) is 3. The Morgan fingerprint density at radius 2 is 2.05 bits per heavy atom. The minimum absolute atomic E-state index is 0.229. The number of carbonyl (C=O) groups is 2.